The summed E-state index contributed by atoms with van der Waals surface area (Å²) in [7, 11) is 0. The molecule has 0 atom stereocenters. The van der Waals surface area contributed by atoms with Gasteiger partial charge in [-0.1, -0.05) is 39.0 Å². The van der Waals surface area contributed by atoms with Crippen LogP contribution in [0.4, 0.5) is 4.39 Å². The molecule has 106 valence electrons. The Morgan fingerprint density at radius 3 is 2.58 bits per heavy atom. The second-order valence-electron chi connectivity index (χ2n) is 4.65. The fourth-order valence-electron chi connectivity index (χ4n) is 1.85. The Kier molecular flexibility index (Phi) is 7.72. The van der Waals surface area contributed by atoms with Crippen molar-refractivity contribution < 1.29 is 9.18 Å². The van der Waals surface area contributed by atoms with Crippen molar-refractivity contribution in [1.82, 2.24) is 5.32 Å². The fraction of sp³-hybridized carbons (Fsp3) is 0.533. The number of unbranched alkanes of at least 4 members (excludes halogenated alkanes) is 5. The van der Waals surface area contributed by atoms with Gasteiger partial charge in [0, 0.05) is 12.1 Å². The highest BCUT2D eigenvalue weighted by molar-refractivity contribution is 9.10. The summed E-state index contributed by atoms with van der Waals surface area (Å²) < 4.78 is 13.6. The molecule has 1 N–H and O–H groups in total. The second kappa shape index (κ2) is 9.08. The first-order valence-corrected chi connectivity index (χ1v) is 7.67. The number of carbonyl (C=O) groups excluding carboxylic acids is 1. The quantitative estimate of drug-likeness (QED) is 0.689. The summed E-state index contributed by atoms with van der Waals surface area (Å²) >= 11 is 3.07. The lowest BCUT2D eigenvalue weighted by molar-refractivity contribution is 0.0952. The van der Waals surface area contributed by atoms with Crippen LogP contribution in [0.15, 0.2) is 22.7 Å². The monoisotopic (exact) mass is 329 g/mol. The minimum atomic E-state index is -0.410. The normalized spacial score (nSPS) is 10.5. The van der Waals surface area contributed by atoms with Gasteiger partial charge in [0.15, 0.2) is 0 Å². The molecule has 0 unspecified atom stereocenters. The van der Waals surface area contributed by atoms with Gasteiger partial charge in [-0.15, -0.1) is 0 Å². The van der Waals surface area contributed by atoms with Crippen molar-refractivity contribution in [3.8, 4) is 0 Å². The third-order valence-corrected chi connectivity index (χ3v) is 3.64. The molecule has 1 aromatic carbocycles. The zero-order valence-electron chi connectivity index (χ0n) is 11.3. The number of benzene rings is 1. The Hall–Kier alpha value is -0.900. The standard InChI is InChI=1S/C15H21BrFNO/c1-2-3-4-5-6-7-10-18-15(19)12-8-9-13(16)14(17)11-12/h8-9,11H,2-7,10H2,1H3,(H,18,19). The predicted octanol–water partition coefficient (Wildman–Crippen LogP) is 4.68. The van der Waals surface area contributed by atoms with E-state index in [2.05, 4.69) is 28.2 Å². The van der Waals surface area contributed by atoms with Crippen LogP contribution in [0, 0.1) is 5.82 Å². The summed E-state index contributed by atoms with van der Waals surface area (Å²) in [6, 6.07) is 4.42. The van der Waals surface area contributed by atoms with Crippen LogP contribution >= 0.6 is 15.9 Å². The summed E-state index contributed by atoms with van der Waals surface area (Å²) in [5.74, 6) is -0.618. The zero-order chi connectivity index (χ0) is 14.1. The fourth-order valence-corrected chi connectivity index (χ4v) is 2.09. The van der Waals surface area contributed by atoms with E-state index in [1.54, 1.807) is 12.1 Å². The summed E-state index contributed by atoms with van der Waals surface area (Å²) in [6.07, 6.45) is 7.12. The van der Waals surface area contributed by atoms with Crippen LogP contribution in [-0.4, -0.2) is 12.5 Å². The molecule has 0 spiro atoms. The van der Waals surface area contributed by atoms with E-state index in [0.717, 1.165) is 12.8 Å². The van der Waals surface area contributed by atoms with Gasteiger partial charge in [-0.2, -0.15) is 0 Å². The van der Waals surface area contributed by atoms with E-state index in [9.17, 15) is 9.18 Å². The minimum Gasteiger partial charge on any atom is -0.352 e. The highest BCUT2D eigenvalue weighted by Crippen LogP contribution is 2.16. The van der Waals surface area contributed by atoms with Crippen molar-refractivity contribution in [1.29, 1.82) is 0 Å². The molecule has 1 aromatic rings. The van der Waals surface area contributed by atoms with Crippen LogP contribution < -0.4 is 5.32 Å². The lowest BCUT2D eigenvalue weighted by Crippen LogP contribution is -2.24. The van der Waals surface area contributed by atoms with Gasteiger partial charge in [-0.05, 0) is 40.5 Å². The molecule has 1 amide bonds. The molecule has 0 saturated heterocycles. The number of rotatable bonds is 8. The average molecular weight is 330 g/mol. The molecule has 0 saturated carbocycles. The number of nitrogens with one attached hydrogen (secondary N) is 1. The molecule has 0 radical (unpaired) electrons. The molecular weight excluding hydrogens is 309 g/mol. The van der Waals surface area contributed by atoms with Gasteiger partial charge in [0.25, 0.3) is 5.91 Å². The third kappa shape index (κ3) is 6.19. The number of carbonyl (C=O) groups is 1. The van der Waals surface area contributed by atoms with Crippen molar-refractivity contribution in [3.05, 3.63) is 34.1 Å². The molecule has 4 heteroatoms. The van der Waals surface area contributed by atoms with Gasteiger partial charge >= 0.3 is 0 Å². The van der Waals surface area contributed by atoms with Crippen LogP contribution in [0.25, 0.3) is 0 Å². The number of amides is 1. The van der Waals surface area contributed by atoms with E-state index < -0.39 is 5.82 Å². The highest BCUT2D eigenvalue weighted by Gasteiger charge is 2.07. The molecule has 19 heavy (non-hydrogen) atoms. The van der Waals surface area contributed by atoms with Crippen LogP contribution in [0.3, 0.4) is 0 Å². The van der Waals surface area contributed by atoms with Gasteiger partial charge in [0.2, 0.25) is 0 Å². The Balaban J connectivity index is 2.22. The molecular formula is C15H21BrFNO. The van der Waals surface area contributed by atoms with E-state index in [1.807, 2.05) is 0 Å². The minimum absolute atomic E-state index is 0.208. The zero-order valence-corrected chi connectivity index (χ0v) is 12.9. The topological polar surface area (TPSA) is 29.1 Å². The Bertz CT molecular complexity index is 409. The lowest BCUT2D eigenvalue weighted by atomic mass is 10.1. The van der Waals surface area contributed by atoms with Crippen molar-refractivity contribution in [2.75, 3.05) is 6.54 Å². The Labute approximate surface area is 122 Å². The highest BCUT2D eigenvalue weighted by atomic mass is 79.9. The van der Waals surface area contributed by atoms with Crippen molar-refractivity contribution in [3.63, 3.8) is 0 Å². The largest absolute Gasteiger partial charge is 0.352 e. The summed E-state index contributed by atoms with van der Waals surface area (Å²) in [5, 5.41) is 2.82. The molecule has 0 fully saturated rings. The van der Waals surface area contributed by atoms with Gasteiger partial charge in [-0.3, -0.25) is 4.79 Å². The smallest absolute Gasteiger partial charge is 0.251 e. The maximum atomic E-state index is 13.3. The SMILES string of the molecule is CCCCCCCCNC(=O)c1ccc(Br)c(F)c1. The van der Waals surface area contributed by atoms with E-state index >= 15 is 0 Å². The average Bonchev–Trinajstić information content (AvgIpc) is 2.40. The molecule has 0 bridgehead atoms. The Morgan fingerprint density at radius 2 is 1.89 bits per heavy atom. The summed E-state index contributed by atoms with van der Waals surface area (Å²) in [4.78, 5) is 11.8. The van der Waals surface area contributed by atoms with Gasteiger partial charge in [0.05, 0.1) is 4.47 Å². The molecule has 0 aliphatic heterocycles. The molecule has 0 aliphatic carbocycles. The molecule has 1 rings (SSSR count). The first-order chi connectivity index (χ1) is 9.15. The van der Waals surface area contributed by atoms with Crippen molar-refractivity contribution in [2.24, 2.45) is 0 Å². The van der Waals surface area contributed by atoms with E-state index in [1.165, 1.54) is 31.7 Å². The first kappa shape index (κ1) is 16.2. The number of hydrogen-bond acceptors (Lipinski definition) is 1. The van der Waals surface area contributed by atoms with Gasteiger partial charge in [-0.25, -0.2) is 4.39 Å². The maximum Gasteiger partial charge on any atom is 0.251 e. The number of halogens is 2. The van der Waals surface area contributed by atoms with E-state index in [0.29, 0.717) is 16.6 Å². The number of hydrogen-bond donors (Lipinski definition) is 1. The third-order valence-electron chi connectivity index (χ3n) is 3.00. The maximum absolute atomic E-state index is 13.3. The molecule has 0 aromatic heterocycles. The van der Waals surface area contributed by atoms with Gasteiger partial charge in [0.1, 0.15) is 5.82 Å². The van der Waals surface area contributed by atoms with Crippen LogP contribution in [0.5, 0.6) is 0 Å². The van der Waals surface area contributed by atoms with E-state index in [-0.39, 0.29) is 5.91 Å². The summed E-state index contributed by atoms with van der Waals surface area (Å²) in [5.41, 5.74) is 0.367. The lowest BCUT2D eigenvalue weighted by Gasteiger charge is -2.06. The van der Waals surface area contributed by atoms with Crippen LogP contribution in [-0.2, 0) is 0 Å². The Morgan fingerprint density at radius 1 is 1.21 bits per heavy atom. The van der Waals surface area contributed by atoms with Crippen molar-refractivity contribution in [2.45, 2.75) is 45.4 Å². The van der Waals surface area contributed by atoms with Crippen molar-refractivity contribution >= 4 is 21.8 Å². The van der Waals surface area contributed by atoms with E-state index in [4.69, 9.17) is 0 Å². The van der Waals surface area contributed by atoms with Crippen LogP contribution in [0.2, 0.25) is 0 Å². The molecule has 0 heterocycles. The van der Waals surface area contributed by atoms with Gasteiger partial charge < -0.3 is 5.32 Å². The predicted molar refractivity (Wildman–Crippen MR) is 79.8 cm³/mol. The molecule has 0 aliphatic rings. The summed E-state index contributed by atoms with van der Waals surface area (Å²) in [6.45, 7) is 2.85. The first-order valence-electron chi connectivity index (χ1n) is 6.88. The second-order valence-corrected chi connectivity index (χ2v) is 5.51. The molecule has 2 nitrogen and oxygen atoms in total. The van der Waals surface area contributed by atoms with Crippen LogP contribution in [0.1, 0.15) is 55.8 Å².